The van der Waals surface area contributed by atoms with Crippen molar-refractivity contribution >= 4 is 44.9 Å². The molecule has 0 bridgehead atoms. The Morgan fingerprint density at radius 3 is 2.41 bits per heavy atom. The number of hydrogen-bond acceptors (Lipinski definition) is 3. The van der Waals surface area contributed by atoms with Crippen molar-refractivity contribution in [3.63, 3.8) is 0 Å². The number of nitrogens with zero attached hydrogens (tertiary/aromatic N) is 3. The molecule has 0 unspecified atom stereocenters. The van der Waals surface area contributed by atoms with Crippen LogP contribution in [-0.4, -0.2) is 67.3 Å². The van der Waals surface area contributed by atoms with Crippen LogP contribution in [0.15, 0.2) is 4.40 Å². The van der Waals surface area contributed by atoms with Gasteiger partial charge in [-0.15, -0.1) is 4.40 Å². The number of Topliss-reactive ketones (excluding diaryl/α,β-unsaturated/α-hetero) is 1. The average Bonchev–Trinajstić information content (AvgIpc) is 2.91. The fourth-order valence-electron chi connectivity index (χ4n) is 3.06. The van der Waals surface area contributed by atoms with Crippen LogP contribution in [0.2, 0.25) is 0 Å². The van der Waals surface area contributed by atoms with E-state index in [9.17, 15) is 22.0 Å². The molecule has 1 atom stereocenters. The molecular formula is C12H18F2IN3O3S. The maximum absolute atomic E-state index is 14.0. The van der Waals surface area contributed by atoms with Gasteiger partial charge in [-0.3, -0.25) is 4.79 Å². The molecule has 1 saturated carbocycles. The average molecular weight is 449 g/mol. The fourth-order valence-corrected chi connectivity index (χ4v) is 4.58. The van der Waals surface area contributed by atoms with Crippen molar-refractivity contribution in [1.29, 1.82) is 0 Å². The Morgan fingerprint density at radius 1 is 1.41 bits per heavy atom. The number of hydrogen-bond donors (Lipinski definition) is 0. The number of carbonyl (C=O) groups excluding carboxylic acids is 1. The first-order chi connectivity index (χ1) is 10.1. The molecule has 0 amide bonds. The van der Waals surface area contributed by atoms with E-state index < -0.39 is 33.2 Å². The summed E-state index contributed by atoms with van der Waals surface area (Å²) in [5.74, 6) is -4.72. The molecule has 0 aromatic heterocycles. The summed E-state index contributed by atoms with van der Waals surface area (Å²) >= 11 is 1.79. The molecule has 0 radical (unpaired) electrons. The van der Waals surface area contributed by atoms with Gasteiger partial charge in [0, 0.05) is 27.2 Å². The molecule has 6 nitrogen and oxygen atoms in total. The third-order valence-electron chi connectivity index (χ3n) is 4.30. The molecule has 0 N–H and O–H groups in total. The SMILES string of the molecule is CN(C)/C=N/S(=O)(=O)N1CCC2(CC1)[C@H](C(=O)CI)C2(F)F. The van der Waals surface area contributed by atoms with Crippen LogP contribution in [-0.2, 0) is 15.0 Å². The van der Waals surface area contributed by atoms with E-state index in [2.05, 4.69) is 4.40 Å². The summed E-state index contributed by atoms with van der Waals surface area (Å²) in [6.07, 6.45) is 1.14. The fraction of sp³-hybridized carbons (Fsp3) is 0.833. The zero-order chi connectivity index (χ0) is 16.8. The van der Waals surface area contributed by atoms with Crippen molar-refractivity contribution in [2.75, 3.05) is 31.6 Å². The van der Waals surface area contributed by atoms with Crippen LogP contribution < -0.4 is 0 Å². The van der Waals surface area contributed by atoms with Gasteiger partial charge < -0.3 is 4.90 Å². The summed E-state index contributed by atoms with van der Waals surface area (Å²) in [5.41, 5.74) is -1.35. The van der Waals surface area contributed by atoms with Crippen LogP contribution in [0.3, 0.4) is 0 Å². The standard InChI is InChI=1S/C12H18F2IN3O3S/c1-17(2)8-16-22(20,21)18-5-3-11(4-6-18)10(9(19)7-15)12(11,13)14/h8,10H,3-7H2,1-2H3/b16-8+/t10-/m0/s1. The van der Waals surface area contributed by atoms with E-state index in [1.807, 2.05) is 0 Å². The molecular weight excluding hydrogens is 431 g/mol. The largest absolute Gasteiger partial charge is 0.368 e. The lowest BCUT2D eigenvalue weighted by atomic mass is 9.90. The van der Waals surface area contributed by atoms with Gasteiger partial charge in [-0.1, -0.05) is 22.6 Å². The monoisotopic (exact) mass is 449 g/mol. The maximum atomic E-state index is 14.0. The lowest BCUT2D eigenvalue weighted by molar-refractivity contribution is -0.119. The molecule has 0 aromatic carbocycles. The van der Waals surface area contributed by atoms with Gasteiger partial charge >= 0.3 is 10.2 Å². The van der Waals surface area contributed by atoms with Crippen LogP contribution in [0.25, 0.3) is 0 Å². The molecule has 126 valence electrons. The molecule has 1 aliphatic carbocycles. The van der Waals surface area contributed by atoms with Gasteiger partial charge in [-0.05, 0) is 12.8 Å². The van der Waals surface area contributed by atoms with Crippen molar-refractivity contribution in [2.24, 2.45) is 15.7 Å². The zero-order valence-electron chi connectivity index (χ0n) is 12.3. The van der Waals surface area contributed by atoms with Gasteiger partial charge in [0.25, 0.3) is 5.92 Å². The Bertz CT molecular complexity index is 586. The third kappa shape index (κ3) is 2.88. The summed E-state index contributed by atoms with van der Waals surface area (Å²) in [7, 11) is -0.583. The predicted octanol–water partition coefficient (Wildman–Crippen LogP) is 1.17. The van der Waals surface area contributed by atoms with Gasteiger partial charge in [0.1, 0.15) is 6.34 Å². The molecule has 2 aliphatic rings. The van der Waals surface area contributed by atoms with Crippen LogP contribution in [0, 0.1) is 11.3 Å². The van der Waals surface area contributed by atoms with Crippen LogP contribution in [0.1, 0.15) is 12.8 Å². The highest BCUT2D eigenvalue weighted by Crippen LogP contribution is 2.71. The molecule has 2 rings (SSSR count). The minimum absolute atomic E-state index is 0.0102. The first kappa shape index (κ1) is 18.0. The molecule has 0 aromatic rings. The highest BCUT2D eigenvalue weighted by molar-refractivity contribution is 14.1. The van der Waals surface area contributed by atoms with Gasteiger partial charge in [0.2, 0.25) is 0 Å². The number of ketones is 1. The Labute approximate surface area is 142 Å². The Morgan fingerprint density at radius 2 is 1.95 bits per heavy atom. The second-order valence-electron chi connectivity index (χ2n) is 5.87. The minimum atomic E-state index is -3.85. The Balaban J connectivity index is 2.07. The summed E-state index contributed by atoms with van der Waals surface area (Å²) in [5, 5.41) is 0. The maximum Gasteiger partial charge on any atom is 0.323 e. The molecule has 10 heteroatoms. The normalized spacial score (nSPS) is 27.2. The van der Waals surface area contributed by atoms with Crippen LogP contribution in [0.5, 0.6) is 0 Å². The van der Waals surface area contributed by atoms with E-state index >= 15 is 0 Å². The first-order valence-electron chi connectivity index (χ1n) is 6.77. The smallest absolute Gasteiger partial charge is 0.323 e. The zero-order valence-corrected chi connectivity index (χ0v) is 15.3. The van der Waals surface area contributed by atoms with E-state index in [0.717, 1.165) is 10.6 Å². The molecule has 1 saturated heterocycles. The van der Waals surface area contributed by atoms with Gasteiger partial charge in [-0.25, -0.2) is 8.78 Å². The third-order valence-corrected chi connectivity index (χ3v) is 6.43. The quantitative estimate of drug-likeness (QED) is 0.274. The number of rotatable bonds is 5. The lowest BCUT2D eigenvalue weighted by Gasteiger charge is -2.30. The number of alkyl halides is 3. The van der Waals surface area contributed by atoms with Crippen LogP contribution >= 0.6 is 22.6 Å². The summed E-state index contributed by atoms with van der Waals surface area (Å²) < 4.78 is 56.7. The molecule has 2 fully saturated rings. The second-order valence-corrected chi connectivity index (χ2v) is 8.26. The van der Waals surface area contributed by atoms with E-state index in [-0.39, 0.29) is 30.4 Å². The second kappa shape index (κ2) is 5.93. The van der Waals surface area contributed by atoms with Crippen LogP contribution in [0.4, 0.5) is 8.78 Å². The number of carbonyl (C=O) groups is 1. The van der Waals surface area contributed by atoms with Gasteiger partial charge in [-0.2, -0.15) is 12.7 Å². The predicted molar refractivity (Wildman–Crippen MR) is 86.7 cm³/mol. The van der Waals surface area contributed by atoms with E-state index in [1.54, 1.807) is 36.7 Å². The molecule has 1 heterocycles. The van der Waals surface area contributed by atoms with Gasteiger partial charge in [0.05, 0.1) is 15.8 Å². The Kier molecular flexibility index (Phi) is 4.85. The summed E-state index contributed by atoms with van der Waals surface area (Å²) in [6.45, 7) is -0.0680. The highest BCUT2D eigenvalue weighted by Gasteiger charge is 2.82. The molecule has 22 heavy (non-hydrogen) atoms. The summed E-state index contributed by atoms with van der Waals surface area (Å²) in [6, 6.07) is 0. The van der Waals surface area contributed by atoms with Crippen molar-refractivity contribution in [3.05, 3.63) is 0 Å². The lowest BCUT2D eigenvalue weighted by Crippen LogP contribution is -2.40. The van der Waals surface area contributed by atoms with E-state index in [4.69, 9.17) is 0 Å². The van der Waals surface area contributed by atoms with Gasteiger partial charge in [0.15, 0.2) is 5.78 Å². The number of halogens is 3. The first-order valence-corrected chi connectivity index (χ1v) is 9.69. The molecule has 1 aliphatic heterocycles. The Hall–Kier alpha value is -0.360. The van der Waals surface area contributed by atoms with Crippen molar-refractivity contribution in [2.45, 2.75) is 18.8 Å². The minimum Gasteiger partial charge on any atom is -0.368 e. The van der Waals surface area contributed by atoms with Crippen molar-refractivity contribution in [3.8, 4) is 0 Å². The van der Waals surface area contributed by atoms with E-state index in [0.29, 0.717) is 0 Å². The highest BCUT2D eigenvalue weighted by atomic mass is 127. The topological polar surface area (TPSA) is 70.1 Å². The number of piperidine rings is 1. The van der Waals surface area contributed by atoms with Crippen molar-refractivity contribution in [1.82, 2.24) is 9.21 Å². The van der Waals surface area contributed by atoms with E-state index in [1.165, 1.54) is 4.90 Å². The molecule has 1 spiro atoms. The summed E-state index contributed by atoms with van der Waals surface area (Å²) in [4.78, 5) is 13.1. The van der Waals surface area contributed by atoms with Crippen molar-refractivity contribution < 1.29 is 22.0 Å².